The van der Waals surface area contributed by atoms with Crippen LogP contribution in [0.15, 0.2) is 41.9 Å². The summed E-state index contributed by atoms with van der Waals surface area (Å²) in [5, 5.41) is 9.76. The number of aryl methyl sites for hydroxylation is 1. The second-order valence-electron chi connectivity index (χ2n) is 6.13. The number of likely N-dealkylation sites (N-methyl/N-ethyl adjacent to an activating group) is 1. The molecule has 2 aromatic heterocycles. The van der Waals surface area contributed by atoms with Crippen LogP contribution in [0.1, 0.15) is 16.1 Å². The fourth-order valence-electron chi connectivity index (χ4n) is 2.24. The molecule has 0 bridgehead atoms. The number of anilines is 1. The molecule has 130 valence electrons. The molecule has 3 rings (SSSR count). The lowest BCUT2D eigenvalue weighted by Gasteiger charge is -2.08. The molecule has 1 N–H and O–H groups in total. The zero-order chi connectivity index (χ0) is 17.8. The average molecular weight is 355 g/mol. The molecular weight excluding hydrogens is 334 g/mol. The third kappa shape index (κ3) is 4.52. The van der Waals surface area contributed by atoms with Gasteiger partial charge in [-0.2, -0.15) is 5.10 Å². The topological polar surface area (TPSA) is 63.1 Å². The molecule has 3 aromatic rings. The minimum atomic E-state index is -0.243. The molecule has 0 aliphatic rings. The van der Waals surface area contributed by atoms with E-state index in [-0.39, 0.29) is 5.91 Å². The Kier molecular flexibility index (Phi) is 5.25. The summed E-state index contributed by atoms with van der Waals surface area (Å²) in [7, 11) is 4.03. The molecule has 0 spiro atoms. The zero-order valence-electron chi connectivity index (χ0n) is 14.6. The predicted octanol–water partition coefficient (Wildman–Crippen LogP) is 3.13. The van der Waals surface area contributed by atoms with Crippen LogP contribution in [0.5, 0.6) is 0 Å². The van der Waals surface area contributed by atoms with Crippen LogP contribution in [0.2, 0.25) is 0 Å². The minimum absolute atomic E-state index is 0.243. The molecule has 7 heteroatoms. The highest BCUT2D eigenvalue weighted by molar-refractivity contribution is 7.13. The molecule has 0 saturated carbocycles. The highest BCUT2D eigenvalue weighted by Crippen LogP contribution is 2.24. The van der Waals surface area contributed by atoms with Gasteiger partial charge in [0.1, 0.15) is 10.7 Å². The molecule has 0 atom stereocenters. The van der Waals surface area contributed by atoms with Crippen LogP contribution in [0.3, 0.4) is 0 Å². The van der Waals surface area contributed by atoms with E-state index in [1.54, 1.807) is 11.4 Å². The summed E-state index contributed by atoms with van der Waals surface area (Å²) in [5.74, 6) is 0.293. The fourth-order valence-corrected chi connectivity index (χ4v) is 3.05. The molecule has 6 nitrogen and oxygen atoms in total. The van der Waals surface area contributed by atoms with Crippen LogP contribution in [-0.2, 0) is 6.54 Å². The number of amides is 1. The second-order valence-corrected chi connectivity index (χ2v) is 6.98. The molecule has 0 aliphatic carbocycles. The quantitative estimate of drug-likeness (QED) is 0.738. The highest BCUT2D eigenvalue weighted by atomic mass is 32.1. The van der Waals surface area contributed by atoms with Gasteiger partial charge >= 0.3 is 0 Å². The number of rotatable bonds is 6. The standard InChI is InChI=1S/C18H21N5OS/c1-13-4-6-14(7-5-13)18-19-15(12-25-18)17(24)20-16-8-9-23(21-16)11-10-22(2)3/h4-9,12H,10-11H2,1-3H3,(H,20,21,24). The van der Waals surface area contributed by atoms with Crippen molar-refractivity contribution in [1.82, 2.24) is 19.7 Å². The molecule has 0 aliphatic heterocycles. The summed E-state index contributed by atoms with van der Waals surface area (Å²) in [6.07, 6.45) is 1.86. The maximum Gasteiger partial charge on any atom is 0.276 e. The third-order valence-corrected chi connectivity index (χ3v) is 4.59. The van der Waals surface area contributed by atoms with E-state index in [1.165, 1.54) is 16.9 Å². The largest absolute Gasteiger partial charge is 0.308 e. The Morgan fingerprint density at radius 2 is 2.00 bits per heavy atom. The Morgan fingerprint density at radius 1 is 1.24 bits per heavy atom. The number of benzene rings is 1. The van der Waals surface area contributed by atoms with Crippen molar-refractivity contribution in [3.8, 4) is 10.6 Å². The Morgan fingerprint density at radius 3 is 2.72 bits per heavy atom. The molecule has 0 radical (unpaired) electrons. The first kappa shape index (κ1) is 17.3. The number of hydrogen-bond donors (Lipinski definition) is 1. The Labute approximate surface area is 151 Å². The number of nitrogens with zero attached hydrogens (tertiary/aromatic N) is 4. The summed E-state index contributed by atoms with van der Waals surface area (Å²) < 4.78 is 1.81. The smallest absolute Gasteiger partial charge is 0.276 e. The van der Waals surface area contributed by atoms with Crippen molar-refractivity contribution in [1.29, 1.82) is 0 Å². The van der Waals surface area contributed by atoms with E-state index in [0.717, 1.165) is 23.7 Å². The van der Waals surface area contributed by atoms with Gasteiger partial charge in [0.15, 0.2) is 5.82 Å². The van der Waals surface area contributed by atoms with Gasteiger partial charge in [0.25, 0.3) is 5.91 Å². The SMILES string of the molecule is Cc1ccc(-c2nc(C(=O)Nc3ccn(CCN(C)C)n3)cs2)cc1. The van der Waals surface area contributed by atoms with E-state index in [9.17, 15) is 4.79 Å². The normalized spacial score (nSPS) is 11.0. The van der Waals surface area contributed by atoms with Crippen molar-refractivity contribution in [3.63, 3.8) is 0 Å². The van der Waals surface area contributed by atoms with Crippen LogP contribution >= 0.6 is 11.3 Å². The Balaban J connectivity index is 1.65. The second kappa shape index (κ2) is 7.58. The Hall–Kier alpha value is -2.51. The van der Waals surface area contributed by atoms with Crippen molar-refractivity contribution < 1.29 is 4.79 Å². The maximum absolute atomic E-state index is 12.4. The molecule has 0 fully saturated rings. The number of carbonyl (C=O) groups excluding carboxylic acids is 1. The van der Waals surface area contributed by atoms with Crippen molar-refractivity contribution >= 4 is 23.1 Å². The molecular formula is C18H21N5OS. The van der Waals surface area contributed by atoms with E-state index in [2.05, 4.69) is 20.3 Å². The van der Waals surface area contributed by atoms with E-state index in [0.29, 0.717) is 11.5 Å². The molecule has 1 amide bonds. The monoisotopic (exact) mass is 355 g/mol. The fraction of sp³-hybridized carbons (Fsp3) is 0.278. The van der Waals surface area contributed by atoms with Gasteiger partial charge in [0.2, 0.25) is 0 Å². The first-order valence-corrected chi connectivity index (χ1v) is 8.91. The van der Waals surface area contributed by atoms with Gasteiger partial charge in [0.05, 0.1) is 6.54 Å². The maximum atomic E-state index is 12.4. The number of nitrogens with one attached hydrogen (secondary N) is 1. The van der Waals surface area contributed by atoms with Gasteiger partial charge in [-0.05, 0) is 21.0 Å². The Bertz CT molecular complexity index is 850. The van der Waals surface area contributed by atoms with Crippen LogP contribution in [0.4, 0.5) is 5.82 Å². The van der Waals surface area contributed by atoms with Crippen LogP contribution < -0.4 is 5.32 Å². The van der Waals surface area contributed by atoms with E-state index in [4.69, 9.17) is 0 Å². The molecule has 2 heterocycles. The summed E-state index contributed by atoms with van der Waals surface area (Å²) in [5.41, 5.74) is 2.62. The number of carbonyl (C=O) groups is 1. The number of thiazole rings is 1. The number of aromatic nitrogens is 3. The summed E-state index contributed by atoms with van der Waals surface area (Å²) in [6.45, 7) is 3.71. The van der Waals surface area contributed by atoms with Gasteiger partial charge in [0, 0.05) is 29.8 Å². The summed E-state index contributed by atoms with van der Waals surface area (Å²) >= 11 is 1.46. The van der Waals surface area contributed by atoms with Gasteiger partial charge in [-0.25, -0.2) is 4.98 Å². The first-order chi connectivity index (χ1) is 12.0. The summed E-state index contributed by atoms with van der Waals surface area (Å²) in [6, 6.07) is 9.90. The summed E-state index contributed by atoms with van der Waals surface area (Å²) in [4.78, 5) is 18.9. The van der Waals surface area contributed by atoms with Crippen molar-refractivity contribution in [3.05, 3.63) is 53.2 Å². The lowest BCUT2D eigenvalue weighted by Crippen LogP contribution is -2.19. The molecule has 25 heavy (non-hydrogen) atoms. The average Bonchev–Trinajstić information content (AvgIpc) is 3.23. The van der Waals surface area contributed by atoms with Crippen molar-refractivity contribution in [2.75, 3.05) is 26.0 Å². The number of hydrogen-bond acceptors (Lipinski definition) is 5. The first-order valence-electron chi connectivity index (χ1n) is 8.03. The lowest BCUT2D eigenvalue weighted by atomic mass is 10.2. The van der Waals surface area contributed by atoms with Crippen molar-refractivity contribution in [2.45, 2.75) is 13.5 Å². The zero-order valence-corrected chi connectivity index (χ0v) is 15.4. The van der Waals surface area contributed by atoms with Gasteiger partial charge in [-0.15, -0.1) is 11.3 Å². The molecule has 1 aromatic carbocycles. The minimum Gasteiger partial charge on any atom is -0.308 e. The lowest BCUT2D eigenvalue weighted by molar-refractivity contribution is 0.102. The highest BCUT2D eigenvalue weighted by Gasteiger charge is 2.13. The van der Waals surface area contributed by atoms with Gasteiger partial charge in [-0.1, -0.05) is 29.8 Å². The van der Waals surface area contributed by atoms with Crippen molar-refractivity contribution in [2.24, 2.45) is 0 Å². The predicted molar refractivity (Wildman–Crippen MR) is 101 cm³/mol. The van der Waals surface area contributed by atoms with Crippen LogP contribution in [0.25, 0.3) is 10.6 Å². The van der Waals surface area contributed by atoms with Gasteiger partial charge in [-0.3, -0.25) is 9.48 Å². The third-order valence-electron chi connectivity index (χ3n) is 3.69. The van der Waals surface area contributed by atoms with E-state index >= 15 is 0 Å². The van der Waals surface area contributed by atoms with E-state index in [1.807, 2.05) is 56.2 Å². The van der Waals surface area contributed by atoms with Crippen LogP contribution in [0, 0.1) is 6.92 Å². The van der Waals surface area contributed by atoms with Crippen LogP contribution in [-0.4, -0.2) is 46.2 Å². The molecule has 0 saturated heterocycles. The van der Waals surface area contributed by atoms with E-state index < -0.39 is 0 Å². The molecule has 0 unspecified atom stereocenters. The van der Waals surface area contributed by atoms with Gasteiger partial charge < -0.3 is 10.2 Å².